The summed E-state index contributed by atoms with van der Waals surface area (Å²) in [4.78, 5) is 0. The van der Waals surface area contributed by atoms with Crippen molar-refractivity contribution in [2.75, 3.05) is 0 Å². The summed E-state index contributed by atoms with van der Waals surface area (Å²) in [5.74, 6) is -0.359. The molecular formula is C17H14ClFOS. The van der Waals surface area contributed by atoms with Crippen molar-refractivity contribution in [1.29, 1.82) is 0 Å². The fraction of sp³-hybridized carbons (Fsp3) is 0.176. The van der Waals surface area contributed by atoms with Crippen molar-refractivity contribution < 1.29 is 9.50 Å². The van der Waals surface area contributed by atoms with Gasteiger partial charge in [0.2, 0.25) is 0 Å². The number of thiophene rings is 1. The number of benzene rings is 2. The first-order valence-corrected chi connectivity index (χ1v) is 7.96. The number of fused-ring (bicyclic) bond motifs is 1. The normalized spacial score (nSPS) is 12.7. The molecule has 1 aromatic heterocycles. The van der Waals surface area contributed by atoms with Gasteiger partial charge in [0.25, 0.3) is 0 Å². The van der Waals surface area contributed by atoms with Gasteiger partial charge in [0.1, 0.15) is 5.82 Å². The van der Waals surface area contributed by atoms with Crippen molar-refractivity contribution in [3.8, 4) is 0 Å². The predicted octanol–water partition coefficient (Wildman–Crippen LogP) is 4.84. The van der Waals surface area contributed by atoms with E-state index in [2.05, 4.69) is 17.5 Å². The second-order valence-electron chi connectivity index (χ2n) is 5.05. The van der Waals surface area contributed by atoms with E-state index in [4.69, 9.17) is 11.6 Å². The zero-order valence-corrected chi connectivity index (χ0v) is 12.8. The molecule has 1 atom stereocenters. The van der Waals surface area contributed by atoms with E-state index in [0.29, 0.717) is 17.9 Å². The molecule has 1 nitrogen and oxygen atoms in total. The molecule has 0 spiro atoms. The summed E-state index contributed by atoms with van der Waals surface area (Å²) < 4.78 is 14.2. The fourth-order valence-electron chi connectivity index (χ4n) is 2.46. The molecule has 108 valence electrons. The lowest BCUT2D eigenvalue weighted by Gasteiger charge is -2.11. The van der Waals surface area contributed by atoms with Gasteiger partial charge in [-0.05, 0) is 40.1 Å². The fourth-order valence-corrected chi connectivity index (χ4v) is 3.68. The Morgan fingerprint density at radius 1 is 1.10 bits per heavy atom. The van der Waals surface area contributed by atoms with Crippen LogP contribution in [0.5, 0.6) is 0 Å². The standard InChI is InChI=1S/C17H14ClFOS/c18-16-9-13(19)6-5-11(16)7-14(20)8-12-10-21-17-4-2-1-3-15(12)17/h1-6,9-10,14,20H,7-8H2. The Bertz CT molecular complexity index is 768. The third-order valence-corrected chi connectivity index (χ3v) is 4.85. The molecule has 1 heterocycles. The van der Waals surface area contributed by atoms with Gasteiger partial charge in [0, 0.05) is 22.6 Å². The summed E-state index contributed by atoms with van der Waals surface area (Å²) in [5, 5.41) is 13.9. The molecule has 0 amide bonds. The largest absolute Gasteiger partial charge is 0.392 e. The molecule has 0 radical (unpaired) electrons. The first-order valence-electron chi connectivity index (χ1n) is 6.70. The molecular weight excluding hydrogens is 307 g/mol. The van der Waals surface area contributed by atoms with Crippen molar-refractivity contribution in [2.45, 2.75) is 18.9 Å². The van der Waals surface area contributed by atoms with Gasteiger partial charge < -0.3 is 5.11 Å². The van der Waals surface area contributed by atoms with Crippen LogP contribution in [0.4, 0.5) is 4.39 Å². The number of hydrogen-bond donors (Lipinski definition) is 1. The molecule has 2 aromatic carbocycles. The minimum atomic E-state index is -0.536. The second kappa shape index (κ2) is 6.14. The second-order valence-corrected chi connectivity index (χ2v) is 6.37. The Morgan fingerprint density at radius 3 is 2.67 bits per heavy atom. The Balaban J connectivity index is 1.75. The maximum Gasteiger partial charge on any atom is 0.124 e. The third-order valence-electron chi connectivity index (χ3n) is 3.49. The lowest BCUT2D eigenvalue weighted by atomic mass is 10.0. The van der Waals surface area contributed by atoms with Crippen LogP contribution in [0.2, 0.25) is 5.02 Å². The van der Waals surface area contributed by atoms with Gasteiger partial charge in [-0.1, -0.05) is 35.9 Å². The Labute approximate surface area is 131 Å². The minimum Gasteiger partial charge on any atom is -0.392 e. The van der Waals surface area contributed by atoms with E-state index in [1.807, 2.05) is 12.1 Å². The first kappa shape index (κ1) is 14.5. The predicted molar refractivity (Wildman–Crippen MR) is 86.6 cm³/mol. The highest BCUT2D eigenvalue weighted by atomic mass is 35.5. The molecule has 0 saturated carbocycles. The Hall–Kier alpha value is -1.42. The van der Waals surface area contributed by atoms with E-state index >= 15 is 0 Å². The number of halogens is 2. The number of aliphatic hydroxyl groups is 1. The quantitative estimate of drug-likeness (QED) is 0.729. The van der Waals surface area contributed by atoms with Gasteiger partial charge >= 0.3 is 0 Å². The summed E-state index contributed by atoms with van der Waals surface area (Å²) in [7, 11) is 0. The molecule has 0 aliphatic heterocycles. The van der Waals surface area contributed by atoms with E-state index in [-0.39, 0.29) is 5.82 Å². The zero-order chi connectivity index (χ0) is 14.8. The van der Waals surface area contributed by atoms with Crippen molar-refractivity contribution in [3.05, 3.63) is 69.8 Å². The summed E-state index contributed by atoms with van der Waals surface area (Å²) in [6, 6.07) is 12.4. The maximum atomic E-state index is 13.0. The van der Waals surface area contributed by atoms with Crippen LogP contribution in [-0.2, 0) is 12.8 Å². The summed E-state index contributed by atoms with van der Waals surface area (Å²) in [5.41, 5.74) is 1.91. The zero-order valence-electron chi connectivity index (χ0n) is 11.2. The molecule has 3 aromatic rings. The van der Waals surface area contributed by atoms with E-state index in [1.54, 1.807) is 17.4 Å². The Kier molecular flexibility index (Phi) is 4.24. The molecule has 0 fully saturated rings. The van der Waals surface area contributed by atoms with Crippen LogP contribution >= 0.6 is 22.9 Å². The van der Waals surface area contributed by atoms with Crippen LogP contribution in [0.3, 0.4) is 0 Å². The third kappa shape index (κ3) is 3.26. The van der Waals surface area contributed by atoms with Crippen LogP contribution in [0.15, 0.2) is 47.8 Å². The lowest BCUT2D eigenvalue weighted by Crippen LogP contribution is -2.14. The highest BCUT2D eigenvalue weighted by molar-refractivity contribution is 7.17. The summed E-state index contributed by atoms with van der Waals surface area (Å²) in [6.07, 6.45) is 0.451. The number of aliphatic hydroxyl groups excluding tert-OH is 1. The van der Waals surface area contributed by atoms with Gasteiger partial charge in [0.05, 0.1) is 6.10 Å². The number of hydrogen-bond acceptors (Lipinski definition) is 2. The van der Waals surface area contributed by atoms with Gasteiger partial charge in [-0.2, -0.15) is 0 Å². The number of rotatable bonds is 4. The Morgan fingerprint density at radius 2 is 1.86 bits per heavy atom. The molecule has 3 rings (SSSR count). The average Bonchev–Trinajstić information content (AvgIpc) is 2.85. The van der Waals surface area contributed by atoms with Crippen LogP contribution in [-0.4, -0.2) is 11.2 Å². The van der Waals surface area contributed by atoms with Gasteiger partial charge in [-0.25, -0.2) is 4.39 Å². The van der Waals surface area contributed by atoms with Crippen molar-refractivity contribution >= 4 is 33.0 Å². The van der Waals surface area contributed by atoms with Crippen LogP contribution in [0, 0.1) is 5.82 Å². The summed E-state index contributed by atoms with van der Waals surface area (Å²) >= 11 is 7.68. The highest BCUT2D eigenvalue weighted by Gasteiger charge is 2.12. The van der Waals surface area contributed by atoms with E-state index in [0.717, 1.165) is 11.1 Å². The van der Waals surface area contributed by atoms with Crippen LogP contribution in [0.25, 0.3) is 10.1 Å². The highest BCUT2D eigenvalue weighted by Crippen LogP contribution is 2.27. The van der Waals surface area contributed by atoms with Crippen molar-refractivity contribution in [1.82, 2.24) is 0 Å². The molecule has 1 N–H and O–H groups in total. The molecule has 0 aliphatic rings. The maximum absolute atomic E-state index is 13.0. The molecule has 0 aliphatic carbocycles. The van der Waals surface area contributed by atoms with E-state index < -0.39 is 6.10 Å². The SMILES string of the molecule is OC(Cc1ccc(F)cc1Cl)Cc1csc2ccccc12. The molecule has 1 unspecified atom stereocenters. The van der Waals surface area contributed by atoms with Crippen LogP contribution < -0.4 is 0 Å². The van der Waals surface area contributed by atoms with Crippen LogP contribution in [0.1, 0.15) is 11.1 Å². The van der Waals surface area contributed by atoms with Crippen molar-refractivity contribution in [3.63, 3.8) is 0 Å². The monoisotopic (exact) mass is 320 g/mol. The van der Waals surface area contributed by atoms with Gasteiger partial charge in [0.15, 0.2) is 0 Å². The molecule has 4 heteroatoms. The van der Waals surface area contributed by atoms with E-state index in [1.165, 1.54) is 22.2 Å². The summed E-state index contributed by atoms with van der Waals surface area (Å²) in [6.45, 7) is 0. The van der Waals surface area contributed by atoms with E-state index in [9.17, 15) is 9.50 Å². The van der Waals surface area contributed by atoms with Gasteiger partial charge in [-0.15, -0.1) is 11.3 Å². The smallest absolute Gasteiger partial charge is 0.124 e. The topological polar surface area (TPSA) is 20.2 Å². The molecule has 0 saturated heterocycles. The molecule has 0 bridgehead atoms. The lowest BCUT2D eigenvalue weighted by molar-refractivity contribution is 0.176. The first-order chi connectivity index (χ1) is 10.1. The van der Waals surface area contributed by atoms with Gasteiger partial charge in [-0.3, -0.25) is 0 Å². The minimum absolute atomic E-state index is 0.359. The average molecular weight is 321 g/mol. The molecule has 21 heavy (non-hydrogen) atoms. The van der Waals surface area contributed by atoms with Crippen molar-refractivity contribution in [2.24, 2.45) is 0 Å².